The number of carbonyl (C=O) groups excluding carboxylic acids is 1. The number of benzene rings is 2. The standard InChI is InChI=1S/C21H15FN4O3/c22-16-10-4-5-11-17(16)23-18(27)13-26-12-6-9-15(21(26)28)20-24-19(25-29-20)14-7-2-1-3-8-14/h1-12H,13H2,(H,23,27). The van der Waals surface area contributed by atoms with E-state index in [-0.39, 0.29) is 23.7 Å². The highest BCUT2D eigenvalue weighted by Gasteiger charge is 2.16. The van der Waals surface area contributed by atoms with Crippen molar-refractivity contribution in [2.45, 2.75) is 6.54 Å². The van der Waals surface area contributed by atoms with Gasteiger partial charge in [0, 0.05) is 11.8 Å². The molecule has 0 aliphatic rings. The fourth-order valence-electron chi connectivity index (χ4n) is 2.77. The molecule has 4 rings (SSSR count). The van der Waals surface area contributed by atoms with Gasteiger partial charge in [0.1, 0.15) is 17.9 Å². The van der Waals surface area contributed by atoms with Crippen molar-refractivity contribution >= 4 is 11.6 Å². The first-order valence-corrected chi connectivity index (χ1v) is 8.75. The second-order valence-electron chi connectivity index (χ2n) is 6.17. The Morgan fingerprint density at radius 1 is 1.03 bits per heavy atom. The number of amides is 1. The van der Waals surface area contributed by atoms with E-state index < -0.39 is 17.3 Å². The van der Waals surface area contributed by atoms with Crippen LogP contribution in [0.2, 0.25) is 0 Å². The molecule has 7 nitrogen and oxygen atoms in total. The molecule has 0 fully saturated rings. The molecular weight excluding hydrogens is 375 g/mol. The Bertz CT molecular complexity index is 1220. The number of hydrogen-bond donors (Lipinski definition) is 1. The average molecular weight is 390 g/mol. The van der Waals surface area contributed by atoms with Crippen molar-refractivity contribution in [2.75, 3.05) is 5.32 Å². The van der Waals surface area contributed by atoms with Crippen LogP contribution in [0.15, 0.2) is 82.2 Å². The quantitative estimate of drug-likeness (QED) is 0.564. The van der Waals surface area contributed by atoms with Crippen molar-refractivity contribution < 1.29 is 13.7 Å². The fourth-order valence-corrected chi connectivity index (χ4v) is 2.77. The number of pyridine rings is 1. The van der Waals surface area contributed by atoms with Gasteiger partial charge in [-0.3, -0.25) is 9.59 Å². The van der Waals surface area contributed by atoms with Gasteiger partial charge in [0.15, 0.2) is 0 Å². The molecule has 2 aromatic carbocycles. The second kappa shape index (κ2) is 7.89. The number of carbonyl (C=O) groups is 1. The number of rotatable bonds is 5. The van der Waals surface area contributed by atoms with Gasteiger partial charge in [0.25, 0.3) is 11.4 Å². The summed E-state index contributed by atoms with van der Waals surface area (Å²) in [5.41, 5.74) is 0.495. The molecule has 2 aromatic heterocycles. The largest absolute Gasteiger partial charge is 0.333 e. The third kappa shape index (κ3) is 3.96. The van der Waals surface area contributed by atoms with Gasteiger partial charge in [-0.2, -0.15) is 4.98 Å². The minimum Gasteiger partial charge on any atom is -0.333 e. The van der Waals surface area contributed by atoms with Crippen molar-refractivity contribution in [1.82, 2.24) is 14.7 Å². The van der Waals surface area contributed by atoms with Crippen molar-refractivity contribution in [2.24, 2.45) is 0 Å². The molecule has 1 amide bonds. The first-order valence-electron chi connectivity index (χ1n) is 8.75. The number of para-hydroxylation sites is 1. The van der Waals surface area contributed by atoms with E-state index in [9.17, 15) is 14.0 Å². The van der Waals surface area contributed by atoms with Crippen LogP contribution in [0.5, 0.6) is 0 Å². The molecule has 0 atom stereocenters. The third-order valence-corrected chi connectivity index (χ3v) is 4.17. The summed E-state index contributed by atoms with van der Waals surface area (Å²) in [5, 5.41) is 6.35. The summed E-state index contributed by atoms with van der Waals surface area (Å²) in [6, 6.07) is 18.1. The average Bonchev–Trinajstić information content (AvgIpc) is 3.22. The molecule has 1 N–H and O–H groups in total. The number of anilines is 1. The van der Waals surface area contributed by atoms with Crippen LogP contribution < -0.4 is 10.9 Å². The monoisotopic (exact) mass is 390 g/mol. The Balaban J connectivity index is 1.57. The summed E-state index contributed by atoms with van der Waals surface area (Å²) in [5.74, 6) is -0.684. The van der Waals surface area contributed by atoms with E-state index in [1.54, 1.807) is 12.1 Å². The molecule has 0 saturated heterocycles. The molecule has 0 radical (unpaired) electrons. The summed E-state index contributed by atoms with van der Waals surface area (Å²) in [7, 11) is 0. The van der Waals surface area contributed by atoms with Crippen LogP contribution in [0.1, 0.15) is 0 Å². The van der Waals surface area contributed by atoms with Gasteiger partial charge in [-0.1, -0.05) is 47.6 Å². The summed E-state index contributed by atoms with van der Waals surface area (Å²) < 4.78 is 20.1. The van der Waals surface area contributed by atoms with Gasteiger partial charge in [-0.05, 0) is 24.3 Å². The van der Waals surface area contributed by atoms with Gasteiger partial charge < -0.3 is 14.4 Å². The minimum atomic E-state index is -0.554. The van der Waals surface area contributed by atoms with Gasteiger partial charge in [0.2, 0.25) is 11.7 Å². The molecule has 2 heterocycles. The predicted molar refractivity (Wildman–Crippen MR) is 104 cm³/mol. The fraction of sp³-hybridized carbons (Fsp3) is 0.0476. The Labute approximate surface area is 164 Å². The van der Waals surface area contributed by atoms with Crippen molar-refractivity contribution in [3.05, 3.63) is 89.1 Å². The van der Waals surface area contributed by atoms with Crippen LogP contribution in [-0.2, 0) is 11.3 Å². The topological polar surface area (TPSA) is 90.0 Å². The van der Waals surface area contributed by atoms with Crippen LogP contribution >= 0.6 is 0 Å². The normalized spacial score (nSPS) is 10.7. The maximum Gasteiger partial charge on any atom is 0.263 e. The molecule has 0 saturated carbocycles. The molecule has 144 valence electrons. The van der Waals surface area contributed by atoms with E-state index in [2.05, 4.69) is 15.5 Å². The summed E-state index contributed by atoms with van der Waals surface area (Å²) >= 11 is 0. The van der Waals surface area contributed by atoms with E-state index in [4.69, 9.17) is 4.52 Å². The SMILES string of the molecule is O=C(Cn1cccc(-c2nc(-c3ccccc3)no2)c1=O)Nc1ccccc1F. The van der Waals surface area contributed by atoms with Crippen LogP contribution in [-0.4, -0.2) is 20.6 Å². The van der Waals surface area contributed by atoms with E-state index in [1.807, 2.05) is 30.3 Å². The first-order chi connectivity index (χ1) is 14.1. The van der Waals surface area contributed by atoms with E-state index >= 15 is 0 Å². The molecule has 0 bridgehead atoms. The van der Waals surface area contributed by atoms with E-state index in [0.29, 0.717) is 5.82 Å². The summed E-state index contributed by atoms with van der Waals surface area (Å²) in [6.45, 7) is -0.291. The van der Waals surface area contributed by atoms with Gasteiger partial charge in [-0.25, -0.2) is 4.39 Å². The smallest absolute Gasteiger partial charge is 0.263 e. The lowest BCUT2D eigenvalue weighted by Crippen LogP contribution is -2.28. The van der Waals surface area contributed by atoms with Crippen LogP contribution in [0, 0.1) is 5.82 Å². The number of hydrogen-bond acceptors (Lipinski definition) is 5. The Kier molecular flexibility index (Phi) is 4.98. The predicted octanol–water partition coefficient (Wildman–Crippen LogP) is 3.34. The highest BCUT2D eigenvalue weighted by Crippen LogP contribution is 2.19. The highest BCUT2D eigenvalue weighted by atomic mass is 19.1. The second-order valence-corrected chi connectivity index (χ2v) is 6.17. The Morgan fingerprint density at radius 3 is 2.59 bits per heavy atom. The van der Waals surface area contributed by atoms with Crippen molar-refractivity contribution in [3.8, 4) is 22.8 Å². The molecule has 0 aliphatic heterocycles. The van der Waals surface area contributed by atoms with Crippen molar-refractivity contribution in [1.29, 1.82) is 0 Å². The zero-order chi connectivity index (χ0) is 20.2. The number of halogens is 1. The lowest BCUT2D eigenvalue weighted by atomic mass is 10.2. The van der Waals surface area contributed by atoms with E-state index in [0.717, 1.165) is 5.56 Å². The number of nitrogens with zero attached hydrogens (tertiary/aromatic N) is 3. The van der Waals surface area contributed by atoms with Crippen LogP contribution in [0.3, 0.4) is 0 Å². The summed E-state index contributed by atoms with van der Waals surface area (Å²) in [4.78, 5) is 29.3. The Hall–Kier alpha value is -4.07. The van der Waals surface area contributed by atoms with E-state index in [1.165, 1.54) is 35.0 Å². The molecule has 0 aliphatic carbocycles. The first kappa shape index (κ1) is 18.3. The maximum absolute atomic E-state index is 13.7. The molecule has 0 unspecified atom stereocenters. The zero-order valence-corrected chi connectivity index (χ0v) is 15.1. The van der Waals surface area contributed by atoms with Crippen molar-refractivity contribution in [3.63, 3.8) is 0 Å². The molecule has 29 heavy (non-hydrogen) atoms. The Morgan fingerprint density at radius 2 is 1.79 bits per heavy atom. The van der Waals surface area contributed by atoms with Gasteiger partial charge in [-0.15, -0.1) is 0 Å². The molecule has 4 aromatic rings. The third-order valence-electron chi connectivity index (χ3n) is 4.17. The lowest BCUT2D eigenvalue weighted by Gasteiger charge is -2.08. The number of nitrogens with one attached hydrogen (secondary N) is 1. The lowest BCUT2D eigenvalue weighted by molar-refractivity contribution is -0.116. The molecule has 8 heteroatoms. The molecule has 0 spiro atoms. The van der Waals surface area contributed by atoms with Gasteiger partial charge in [0.05, 0.1) is 5.69 Å². The maximum atomic E-state index is 13.7. The number of aromatic nitrogens is 3. The molecular formula is C21H15FN4O3. The zero-order valence-electron chi connectivity index (χ0n) is 15.1. The van der Waals surface area contributed by atoms with Crippen LogP contribution in [0.4, 0.5) is 10.1 Å². The van der Waals surface area contributed by atoms with Crippen LogP contribution in [0.25, 0.3) is 22.8 Å². The van der Waals surface area contributed by atoms with Gasteiger partial charge >= 0.3 is 0 Å². The summed E-state index contributed by atoms with van der Waals surface area (Å²) in [6.07, 6.45) is 1.46. The highest BCUT2D eigenvalue weighted by molar-refractivity contribution is 5.90. The minimum absolute atomic E-state index is 0.0473.